The summed E-state index contributed by atoms with van der Waals surface area (Å²) in [6.07, 6.45) is 4.87. The summed E-state index contributed by atoms with van der Waals surface area (Å²) in [4.78, 5) is 9.82. The molecule has 0 unspecified atom stereocenters. The summed E-state index contributed by atoms with van der Waals surface area (Å²) in [5.41, 5.74) is 3.88. The fourth-order valence-corrected chi connectivity index (χ4v) is 3.57. The van der Waals surface area contributed by atoms with Gasteiger partial charge in [-0.25, -0.2) is 14.6 Å². The van der Waals surface area contributed by atoms with Crippen LogP contribution in [0.4, 0.5) is 0 Å². The molecule has 0 amide bonds. The molecule has 0 aliphatic rings. The van der Waals surface area contributed by atoms with Crippen molar-refractivity contribution < 1.29 is 0 Å². The van der Waals surface area contributed by atoms with Crippen LogP contribution in [0.15, 0.2) is 66.9 Å². The van der Waals surface area contributed by atoms with E-state index in [0.29, 0.717) is 12.4 Å². The number of rotatable bonds is 6. The van der Waals surface area contributed by atoms with Gasteiger partial charge in [-0.05, 0) is 12.0 Å². The molecule has 6 nitrogen and oxygen atoms in total. The third kappa shape index (κ3) is 3.27. The Balaban J connectivity index is 1.68. The van der Waals surface area contributed by atoms with E-state index >= 15 is 0 Å². The van der Waals surface area contributed by atoms with Crippen molar-refractivity contribution >= 4 is 16.7 Å². The van der Waals surface area contributed by atoms with Gasteiger partial charge in [-0.1, -0.05) is 74.0 Å². The Hall–Kier alpha value is -3.54. The van der Waals surface area contributed by atoms with Gasteiger partial charge in [0.2, 0.25) is 0 Å². The molecule has 0 N–H and O–H groups in total. The van der Waals surface area contributed by atoms with Crippen molar-refractivity contribution in [3.63, 3.8) is 0 Å². The largest absolute Gasteiger partial charge is 0.243 e. The number of hydrogen-bond donors (Lipinski definition) is 0. The summed E-state index contributed by atoms with van der Waals surface area (Å²) < 4.78 is 3.85. The Morgan fingerprint density at radius 1 is 0.862 bits per heavy atom. The third-order valence-corrected chi connectivity index (χ3v) is 5.10. The summed E-state index contributed by atoms with van der Waals surface area (Å²) in [6, 6.07) is 20.4. The summed E-state index contributed by atoms with van der Waals surface area (Å²) in [5.74, 6) is 1.65. The fourth-order valence-electron chi connectivity index (χ4n) is 3.57. The number of unbranched alkanes of at least 4 members (excludes halogenated alkanes) is 1. The van der Waals surface area contributed by atoms with Gasteiger partial charge in [0.05, 0.1) is 18.1 Å². The molecule has 5 aromatic rings. The van der Waals surface area contributed by atoms with E-state index in [0.717, 1.165) is 47.3 Å². The fraction of sp³-hybridized carbons (Fsp3) is 0.217. The van der Waals surface area contributed by atoms with Crippen molar-refractivity contribution in [2.75, 3.05) is 0 Å². The van der Waals surface area contributed by atoms with Gasteiger partial charge in [0, 0.05) is 12.0 Å². The van der Waals surface area contributed by atoms with Gasteiger partial charge in [0.1, 0.15) is 5.82 Å². The normalized spacial score (nSPS) is 11.5. The molecule has 3 heterocycles. The van der Waals surface area contributed by atoms with Gasteiger partial charge in [-0.15, -0.1) is 5.10 Å². The maximum atomic E-state index is 4.96. The molecule has 0 aliphatic heterocycles. The Kier molecular flexibility index (Phi) is 4.52. The third-order valence-electron chi connectivity index (χ3n) is 5.10. The van der Waals surface area contributed by atoms with Crippen molar-refractivity contribution in [1.82, 2.24) is 29.4 Å². The van der Waals surface area contributed by atoms with Gasteiger partial charge in [-0.3, -0.25) is 0 Å². The standard InChI is InChI=1S/C23H22N6/c1-2-3-14-20-25-22-19(15-24-28(22)16-17-10-6-4-7-11-17)23-26-21(27-29(20)23)18-12-8-5-9-13-18/h4-13,15H,2-3,14,16H2,1H3. The van der Waals surface area contributed by atoms with E-state index in [4.69, 9.17) is 15.1 Å². The number of aryl methyl sites for hydroxylation is 1. The Morgan fingerprint density at radius 2 is 1.62 bits per heavy atom. The van der Waals surface area contributed by atoms with Gasteiger partial charge < -0.3 is 0 Å². The number of nitrogens with zero attached hydrogens (tertiary/aromatic N) is 6. The molecule has 3 aromatic heterocycles. The minimum atomic E-state index is 0.681. The van der Waals surface area contributed by atoms with Crippen molar-refractivity contribution in [1.29, 1.82) is 0 Å². The first-order chi connectivity index (χ1) is 14.3. The molecular formula is C23H22N6. The Labute approximate surface area is 168 Å². The van der Waals surface area contributed by atoms with Crippen LogP contribution >= 0.6 is 0 Å². The van der Waals surface area contributed by atoms with Crippen LogP contribution in [0.5, 0.6) is 0 Å². The van der Waals surface area contributed by atoms with E-state index in [1.165, 1.54) is 5.56 Å². The average Bonchev–Trinajstić information content (AvgIpc) is 3.38. The smallest absolute Gasteiger partial charge is 0.182 e. The highest BCUT2D eigenvalue weighted by Gasteiger charge is 2.17. The monoisotopic (exact) mass is 382 g/mol. The van der Waals surface area contributed by atoms with Gasteiger partial charge in [-0.2, -0.15) is 9.61 Å². The van der Waals surface area contributed by atoms with Crippen molar-refractivity contribution in [2.45, 2.75) is 32.7 Å². The lowest BCUT2D eigenvalue weighted by Crippen LogP contribution is -2.07. The van der Waals surface area contributed by atoms with Gasteiger partial charge >= 0.3 is 0 Å². The second-order valence-electron chi connectivity index (χ2n) is 7.19. The van der Waals surface area contributed by atoms with E-state index in [-0.39, 0.29) is 0 Å². The minimum Gasteiger partial charge on any atom is -0.243 e. The molecule has 29 heavy (non-hydrogen) atoms. The van der Waals surface area contributed by atoms with Crippen LogP contribution in [0.2, 0.25) is 0 Å². The Morgan fingerprint density at radius 3 is 2.38 bits per heavy atom. The number of fused-ring (bicyclic) bond motifs is 3. The first-order valence-corrected chi connectivity index (χ1v) is 10.0. The van der Waals surface area contributed by atoms with Crippen LogP contribution in [0.3, 0.4) is 0 Å². The molecule has 144 valence electrons. The lowest BCUT2D eigenvalue weighted by molar-refractivity contribution is 0.686. The topological polar surface area (TPSA) is 60.9 Å². The van der Waals surface area contributed by atoms with Crippen molar-refractivity contribution in [2.24, 2.45) is 0 Å². The molecule has 6 heteroatoms. The maximum absolute atomic E-state index is 4.96. The van der Waals surface area contributed by atoms with E-state index < -0.39 is 0 Å². The van der Waals surface area contributed by atoms with Crippen LogP contribution in [0, 0.1) is 0 Å². The molecule has 0 spiro atoms. The van der Waals surface area contributed by atoms with Gasteiger partial charge in [0.15, 0.2) is 17.1 Å². The molecule has 0 fully saturated rings. The highest BCUT2D eigenvalue weighted by molar-refractivity contribution is 5.89. The quantitative estimate of drug-likeness (QED) is 0.433. The first-order valence-electron chi connectivity index (χ1n) is 10.0. The van der Waals surface area contributed by atoms with Crippen LogP contribution in [0.1, 0.15) is 31.2 Å². The molecule has 0 saturated heterocycles. The van der Waals surface area contributed by atoms with Crippen molar-refractivity contribution in [3.05, 3.63) is 78.2 Å². The molecule has 2 aromatic carbocycles. The van der Waals surface area contributed by atoms with Crippen LogP contribution in [-0.4, -0.2) is 29.4 Å². The SMILES string of the molecule is CCCCc1nc2c(cnn2Cc2ccccc2)c2nc(-c3ccccc3)nn12. The summed E-state index contributed by atoms with van der Waals surface area (Å²) in [5, 5.41) is 10.3. The first kappa shape index (κ1) is 17.6. The van der Waals surface area contributed by atoms with E-state index in [9.17, 15) is 0 Å². The van der Waals surface area contributed by atoms with Crippen LogP contribution in [-0.2, 0) is 13.0 Å². The molecule has 0 aliphatic carbocycles. The minimum absolute atomic E-state index is 0.681. The molecule has 0 radical (unpaired) electrons. The van der Waals surface area contributed by atoms with E-state index in [1.807, 2.05) is 63.9 Å². The maximum Gasteiger partial charge on any atom is 0.182 e. The Bertz CT molecular complexity index is 1250. The predicted octanol–water partition coefficient (Wildman–Crippen LogP) is 4.53. The van der Waals surface area contributed by atoms with Crippen LogP contribution in [0.25, 0.3) is 28.1 Å². The molecule has 5 rings (SSSR count). The zero-order valence-corrected chi connectivity index (χ0v) is 16.4. The van der Waals surface area contributed by atoms with Crippen molar-refractivity contribution in [3.8, 4) is 11.4 Å². The predicted molar refractivity (Wildman–Crippen MR) is 114 cm³/mol. The second kappa shape index (κ2) is 7.47. The van der Waals surface area contributed by atoms with Gasteiger partial charge in [0.25, 0.3) is 0 Å². The number of aromatic nitrogens is 6. The molecular weight excluding hydrogens is 360 g/mol. The van der Waals surface area contributed by atoms with Crippen LogP contribution < -0.4 is 0 Å². The molecule has 0 bridgehead atoms. The van der Waals surface area contributed by atoms with E-state index in [1.54, 1.807) is 0 Å². The summed E-state index contributed by atoms with van der Waals surface area (Å²) in [7, 11) is 0. The highest BCUT2D eigenvalue weighted by Crippen LogP contribution is 2.23. The number of benzene rings is 2. The molecule has 0 saturated carbocycles. The second-order valence-corrected chi connectivity index (χ2v) is 7.19. The zero-order valence-electron chi connectivity index (χ0n) is 16.4. The zero-order chi connectivity index (χ0) is 19.6. The lowest BCUT2D eigenvalue weighted by Gasteiger charge is -2.06. The number of hydrogen-bond acceptors (Lipinski definition) is 4. The lowest BCUT2D eigenvalue weighted by atomic mass is 10.2. The molecule has 0 atom stereocenters. The average molecular weight is 382 g/mol. The summed E-state index contributed by atoms with van der Waals surface area (Å²) in [6.45, 7) is 2.87. The highest BCUT2D eigenvalue weighted by atomic mass is 15.4. The van der Waals surface area contributed by atoms with E-state index in [2.05, 4.69) is 24.2 Å². The summed E-state index contributed by atoms with van der Waals surface area (Å²) >= 11 is 0.